The van der Waals surface area contributed by atoms with Crippen LogP contribution >= 0.6 is 0 Å². The van der Waals surface area contributed by atoms with Gasteiger partial charge < -0.3 is 15.1 Å². The van der Waals surface area contributed by atoms with Crippen molar-refractivity contribution in [2.75, 3.05) is 11.9 Å². The van der Waals surface area contributed by atoms with Gasteiger partial charge in [0.1, 0.15) is 0 Å². The van der Waals surface area contributed by atoms with Gasteiger partial charge in [-0.25, -0.2) is 4.79 Å². The van der Waals surface area contributed by atoms with E-state index >= 15 is 0 Å². The predicted octanol–water partition coefficient (Wildman–Crippen LogP) is 2.27. The van der Waals surface area contributed by atoms with Gasteiger partial charge in [-0.15, -0.1) is 0 Å². The van der Waals surface area contributed by atoms with Gasteiger partial charge in [0.25, 0.3) is 5.91 Å². The van der Waals surface area contributed by atoms with Gasteiger partial charge >= 0.3 is 5.76 Å². The fourth-order valence-corrected chi connectivity index (χ4v) is 2.40. The summed E-state index contributed by atoms with van der Waals surface area (Å²) in [6, 6.07) is 13.8. The molecule has 7 heteroatoms. The van der Waals surface area contributed by atoms with Crippen LogP contribution in [0, 0.1) is 0 Å². The van der Waals surface area contributed by atoms with E-state index in [1.54, 1.807) is 42.5 Å². The highest BCUT2D eigenvalue weighted by molar-refractivity contribution is 5.94. The van der Waals surface area contributed by atoms with Crippen molar-refractivity contribution in [2.24, 2.45) is 0 Å². The van der Waals surface area contributed by atoms with Crippen LogP contribution in [0.1, 0.15) is 23.2 Å². The van der Waals surface area contributed by atoms with Crippen LogP contribution in [0.3, 0.4) is 0 Å². The van der Waals surface area contributed by atoms with Crippen molar-refractivity contribution < 1.29 is 14.0 Å². The molecule has 3 aromatic rings. The maximum atomic E-state index is 11.9. The lowest BCUT2D eigenvalue weighted by atomic mass is 10.2. The van der Waals surface area contributed by atoms with Crippen LogP contribution < -0.4 is 16.4 Å². The Morgan fingerprint density at radius 3 is 2.68 bits per heavy atom. The number of oxazole rings is 1. The fourth-order valence-electron chi connectivity index (χ4n) is 2.40. The molecule has 25 heavy (non-hydrogen) atoms. The van der Waals surface area contributed by atoms with Gasteiger partial charge in [0, 0.05) is 24.2 Å². The first-order valence-corrected chi connectivity index (χ1v) is 7.88. The third kappa shape index (κ3) is 4.35. The quantitative estimate of drug-likeness (QED) is 0.599. The molecule has 2 amide bonds. The van der Waals surface area contributed by atoms with E-state index < -0.39 is 5.76 Å². The molecule has 2 aromatic carbocycles. The molecular weight excluding hydrogens is 322 g/mol. The Labute approximate surface area is 143 Å². The van der Waals surface area contributed by atoms with Gasteiger partial charge in [0.05, 0.1) is 5.52 Å². The van der Waals surface area contributed by atoms with E-state index in [1.165, 1.54) is 0 Å². The second kappa shape index (κ2) is 7.48. The molecule has 0 fully saturated rings. The fraction of sp³-hybridized carbons (Fsp3) is 0.167. The second-order valence-electron chi connectivity index (χ2n) is 5.50. The lowest BCUT2D eigenvalue weighted by Gasteiger charge is -2.06. The van der Waals surface area contributed by atoms with Crippen molar-refractivity contribution in [3.63, 3.8) is 0 Å². The van der Waals surface area contributed by atoms with E-state index in [9.17, 15) is 14.4 Å². The molecule has 0 atom stereocenters. The van der Waals surface area contributed by atoms with E-state index in [0.717, 1.165) is 0 Å². The zero-order valence-corrected chi connectivity index (χ0v) is 13.4. The standard InChI is InChI=1S/C18H17N3O4/c22-16(7-4-10-19-17(23)12-5-2-1-3-6-12)20-13-8-9-15-14(11-13)21-18(24)25-15/h1-3,5-6,8-9,11H,4,7,10H2,(H,19,23)(H,20,22)(H,21,24). The van der Waals surface area contributed by atoms with Crippen LogP contribution in [0.2, 0.25) is 0 Å². The smallest absolute Gasteiger partial charge is 0.408 e. The zero-order chi connectivity index (χ0) is 17.6. The molecule has 0 radical (unpaired) electrons. The number of anilines is 1. The van der Waals surface area contributed by atoms with Crippen molar-refractivity contribution >= 4 is 28.6 Å². The Morgan fingerprint density at radius 1 is 1.08 bits per heavy atom. The number of hydrogen-bond donors (Lipinski definition) is 3. The van der Waals surface area contributed by atoms with E-state index in [1.807, 2.05) is 6.07 Å². The Hall–Kier alpha value is -3.35. The molecule has 128 valence electrons. The first kappa shape index (κ1) is 16.5. The SMILES string of the molecule is O=C(CCCNC(=O)c1ccccc1)Nc1ccc2oc(=O)[nH]c2c1. The molecule has 0 aliphatic carbocycles. The van der Waals surface area contributed by atoms with Crippen LogP contribution in [0.15, 0.2) is 57.7 Å². The van der Waals surface area contributed by atoms with E-state index in [-0.39, 0.29) is 18.2 Å². The van der Waals surface area contributed by atoms with Crippen LogP contribution in [-0.2, 0) is 4.79 Å². The van der Waals surface area contributed by atoms with Crippen molar-refractivity contribution in [3.05, 3.63) is 64.6 Å². The van der Waals surface area contributed by atoms with Gasteiger partial charge in [-0.1, -0.05) is 18.2 Å². The normalized spacial score (nSPS) is 10.6. The van der Waals surface area contributed by atoms with Gasteiger partial charge in [0.15, 0.2) is 5.58 Å². The lowest BCUT2D eigenvalue weighted by molar-refractivity contribution is -0.116. The minimum Gasteiger partial charge on any atom is -0.408 e. The molecule has 3 rings (SSSR count). The van der Waals surface area contributed by atoms with Gasteiger partial charge in [0.2, 0.25) is 5.91 Å². The van der Waals surface area contributed by atoms with E-state index in [2.05, 4.69) is 15.6 Å². The molecule has 0 saturated heterocycles. The summed E-state index contributed by atoms with van der Waals surface area (Å²) in [6.45, 7) is 0.412. The summed E-state index contributed by atoms with van der Waals surface area (Å²) < 4.78 is 4.90. The molecule has 0 aliphatic heterocycles. The number of carbonyl (C=O) groups is 2. The number of nitrogens with one attached hydrogen (secondary N) is 3. The second-order valence-corrected chi connectivity index (χ2v) is 5.50. The molecule has 1 heterocycles. The molecule has 3 N–H and O–H groups in total. The van der Waals surface area contributed by atoms with Crippen LogP contribution in [-0.4, -0.2) is 23.3 Å². The summed E-state index contributed by atoms with van der Waals surface area (Å²) in [4.78, 5) is 37.4. The summed E-state index contributed by atoms with van der Waals surface area (Å²) in [6.07, 6.45) is 0.796. The van der Waals surface area contributed by atoms with E-state index in [0.29, 0.717) is 35.3 Å². The number of aromatic nitrogens is 1. The van der Waals surface area contributed by atoms with Gasteiger partial charge in [-0.3, -0.25) is 14.6 Å². The monoisotopic (exact) mass is 339 g/mol. The largest absolute Gasteiger partial charge is 0.417 e. The first-order chi connectivity index (χ1) is 12.1. The highest BCUT2D eigenvalue weighted by Crippen LogP contribution is 2.16. The maximum Gasteiger partial charge on any atom is 0.417 e. The molecule has 1 aromatic heterocycles. The topological polar surface area (TPSA) is 104 Å². The number of carbonyl (C=O) groups excluding carboxylic acids is 2. The Balaban J connectivity index is 1.44. The van der Waals surface area contributed by atoms with Gasteiger partial charge in [-0.05, 0) is 36.8 Å². The number of benzene rings is 2. The summed E-state index contributed by atoms with van der Waals surface area (Å²) >= 11 is 0. The molecule has 0 unspecified atom stereocenters. The minimum atomic E-state index is -0.535. The van der Waals surface area contributed by atoms with Crippen molar-refractivity contribution in [1.29, 1.82) is 0 Å². The molecule has 0 aliphatic rings. The van der Waals surface area contributed by atoms with Crippen LogP contribution in [0.25, 0.3) is 11.1 Å². The van der Waals surface area contributed by atoms with Crippen LogP contribution in [0.5, 0.6) is 0 Å². The molecule has 0 saturated carbocycles. The van der Waals surface area contributed by atoms with Crippen LogP contribution in [0.4, 0.5) is 5.69 Å². The highest BCUT2D eigenvalue weighted by Gasteiger charge is 2.07. The van der Waals surface area contributed by atoms with Crippen molar-refractivity contribution in [2.45, 2.75) is 12.8 Å². The highest BCUT2D eigenvalue weighted by atomic mass is 16.4. The third-order valence-electron chi connectivity index (χ3n) is 3.60. The molecule has 0 bridgehead atoms. The number of rotatable bonds is 6. The lowest BCUT2D eigenvalue weighted by Crippen LogP contribution is -2.25. The Morgan fingerprint density at radius 2 is 1.88 bits per heavy atom. The Kier molecular flexibility index (Phi) is 4.94. The summed E-state index contributed by atoms with van der Waals surface area (Å²) in [7, 11) is 0. The maximum absolute atomic E-state index is 11.9. The zero-order valence-electron chi connectivity index (χ0n) is 13.4. The minimum absolute atomic E-state index is 0.157. The molecular formula is C18H17N3O4. The first-order valence-electron chi connectivity index (χ1n) is 7.88. The summed E-state index contributed by atoms with van der Waals surface area (Å²) in [5.41, 5.74) is 2.13. The average molecular weight is 339 g/mol. The van der Waals surface area contributed by atoms with Crippen molar-refractivity contribution in [1.82, 2.24) is 10.3 Å². The van der Waals surface area contributed by atoms with Gasteiger partial charge in [-0.2, -0.15) is 0 Å². The number of hydrogen-bond acceptors (Lipinski definition) is 4. The summed E-state index contributed by atoms with van der Waals surface area (Å²) in [5.74, 6) is -0.859. The molecule has 7 nitrogen and oxygen atoms in total. The Bertz CT molecular complexity index is 944. The number of fused-ring (bicyclic) bond motifs is 1. The predicted molar refractivity (Wildman–Crippen MR) is 93.5 cm³/mol. The summed E-state index contributed by atoms with van der Waals surface area (Å²) in [5, 5.41) is 5.52. The van der Waals surface area contributed by atoms with E-state index in [4.69, 9.17) is 4.42 Å². The number of aromatic amines is 1. The third-order valence-corrected chi connectivity index (χ3v) is 3.60. The molecule has 0 spiro atoms. The number of amides is 2. The number of H-pyrrole nitrogens is 1. The average Bonchev–Trinajstić information content (AvgIpc) is 2.98. The van der Waals surface area contributed by atoms with Crippen molar-refractivity contribution in [3.8, 4) is 0 Å².